The highest BCUT2D eigenvalue weighted by atomic mass is 16.5. The summed E-state index contributed by atoms with van der Waals surface area (Å²) in [6.07, 6.45) is 2.42. The van der Waals surface area contributed by atoms with Gasteiger partial charge in [0.05, 0.1) is 6.26 Å². The van der Waals surface area contributed by atoms with Gasteiger partial charge in [-0.3, -0.25) is 9.59 Å². The van der Waals surface area contributed by atoms with E-state index in [9.17, 15) is 14.4 Å². The fraction of sp³-hybridized carbons (Fsp3) is 0.321. The average Bonchev–Trinajstić information content (AvgIpc) is 3.41. The first-order valence-corrected chi connectivity index (χ1v) is 11.9. The fourth-order valence-corrected chi connectivity index (χ4v) is 4.19. The Balaban J connectivity index is 1.32. The second-order valence-corrected chi connectivity index (χ2v) is 9.00. The van der Waals surface area contributed by atoms with Crippen LogP contribution in [0.1, 0.15) is 52.6 Å². The highest BCUT2D eigenvalue weighted by Gasteiger charge is 2.37. The zero-order valence-electron chi connectivity index (χ0n) is 20.0. The molecule has 0 saturated carbocycles. The number of hydrogen-bond acceptors (Lipinski definition) is 5. The fourth-order valence-electron chi connectivity index (χ4n) is 4.19. The summed E-state index contributed by atoms with van der Waals surface area (Å²) < 4.78 is 10.6. The Kier molecular flexibility index (Phi) is 7.65. The van der Waals surface area contributed by atoms with Crippen LogP contribution in [-0.2, 0) is 33.7 Å². The third-order valence-electron chi connectivity index (χ3n) is 6.24. The van der Waals surface area contributed by atoms with Crippen LogP contribution >= 0.6 is 0 Å². The summed E-state index contributed by atoms with van der Waals surface area (Å²) in [5.74, 6) is -0.752. The maximum absolute atomic E-state index is 13.0. The van der Waals surface area contributed by atoms with Gasteiger partial charge in [-0.05, 0) is 46.7 Å². The minimum Gasteiger partial charge on any atom is -0.459 e. The van der Waals surface area contributed by atoms with Crippen molar-refractivity contribution in [2.24, 2.45) is 0 Å². The first-order valence-electron chi connectivity index (χ1n) is 11.9. The van der Waals surface area contributed by atoms with Crippen LogP contribution in [0, 0.1) is 0 Å². The number of nitrogens with one attached hydrogen (secondary N) is 1. The van der Waals surface area contributed by atoms with Gasteiger partial charge in [-0.1, -0.05) is 62.4 Å². The van der Waals surface area contributed by atoms with Crippen molar-refractivity contribution in [3.8, 4) is 0 Å². The number of carbonyl (C=O) groups excluding carboxylic acids is 3. The van der Waals surface area contributed by atoms with E-state index in [0.717, 1.165) is 16.7 Å². The van der Waals surface area contributed by atoms with Gasteiger partial charge >= 0.3 is 5.97 Å². The number of esters is 1. The molecule has 0 radical (unpaired) electrons. The molecular formula is C28H30N2O5. The lowest BCUT2D eigenvalue weighted by Gasteiger charge is -2.34. The molecule has 1 unspecified atom stereocenters. The third kappa shape index (κ3) is 5.98. The van der Waals surface area contributed by atoms with E-state index in [4.69, 9.17) is 9.15 Å². The van der Waals surface area contributed by atoms with E-state index in [-0.39, 0.29) is 24.1 Å². The van der Waals surface area contributed by atoms with Crippen molar-refractivity contribution in [2.45, 2.75) is 45.2 Å². The van der Waals surface area contributed by atoms with Crippen LogP contribution in [0.25, 0.3) is 0 Å². The molecule has 7 nitrogen and oxygen atoms in total. The molecule has 7 heteroatoms. The maximum Gasteiger partial charge on any atom is 0.329 e. The second kappa shape index (κ2) is 11.0. The number of amides is 2. The molecule has 1 aliphatic rings. The van der Waals surface area contributed by atoms with Crippen molar-refractivity contribution in [1.29, 1.82) is 0 Å². The van der Waals surface area contributed by atoms with E-state index < -0.39 is 18.6 Å². The molecule has 1 atom stereocenters. The Morgan fingerprint density at radius 2 is 1.77 bits per heavy atom. The largest absolute Gasteiger partial charge is 0.459 e. The summed E-state index contributed by atoms with van der Waals surface area (Å²) in [4.78, 5) is 39.7. The number of nitrogens with zero attached hydrogens (tertiary/aromatic N) is 1. The Morgan fingerprint density at radius 3 is 2.46 bits per heavy atom. The van der Waals surface area contributed by atoms with E-state index in [1.165, 1.54) is 16.7 Å². The molecule has 2 heterocycles. The topological polar surface area (TPSA) is 88.9 Å². The summed E-state index contributed by atoms with van der Waals surface area (Å²) in [7, 11) is 0. The molecule has 0 saturated heterocycles. The quantitative estimate of drug-likeness (QED) is 0.501. The van der Waals surface area contributed by atoms with E-state index in [1.54, 1.807) is 12.1 Å². The number of benzene rings is 2. The zero-order valence-corrected chi connectivity index (χ0v) is 20.0. The van der Waals surface area contributed by atoms with E-state index in [0.29, 0.717) is 25.3 Å². The maximum atomic E-state index is 13.0. The lowest BCUT2D eigenvalue weighted by atomic mass is 9.93. The first kappa shape index (κ1) is 24.3. The molecule has 1 N–H and O–H groups in total. The standard InChI is InChI=1S/C28H30N2O5/c1-19(2)21-11-9-20(10-12-21)13-14-29-26(31)18-35-28(33)24-16-22-6-3-4-7-23(22)17-30(24)27(32)25-8-5-15-34-25/h3-12,15,19,24H,13-14,16-18H2,1-2H3,(H,29,31). The van der Waals surface area contributed by atoms with Gasteiger partial charge in [0.25, 0.3) is 11.8 Å². The molecule has 2 aromatic carbocycles. The molecule has 0 fully saturated rings. The molecule has 35 heavy (non-hydrogen) atoms. The normalized spacial score (nSPS) is 14.9. The van der Waals surface area contributed by atoms with E-state index in [2.05, 4.69) is 43.4 Å². The lowest BCUT2D eigenvalue weighted by Crippen LogP contribution is -2.49. The molecule has 2 amide bonds. The summed E-state index contributed by atoms with van der Waals surface area (Å²) >= 11 is 0. The van der Waals surface area contributed by atoms with Crippen LogP contribution in [0.4, 0.5) is 0 Å². The Bertz CT molecular complexity index is 1170. The van der Waals surface area contributed by atoms with Gasteiger partial charge in [0, 0.05) is 19.5 Å². The molecule has 4 rings (SSSR count). The lowest BCUT2D eigenvalue weighted by molar-refractivity contribution is -0.153. The average molecular weight is 475 g/mol. The minimum absolute atomic E-state index is 0.154. The molecule has 0 spiro atoms. The SMILES string of the molecule is CC(C)c1ccc(CCNC(=O)COC(=O)C2Cc3ccccc3CN2C(=O)c2ccco2)cc1. The zero-order chi connectivity index (χ0) is 24.8. The van der Waals surface area contributed by atoms with Crippen LogP contribution in [-0.4, -0.2) is 41.9 Å². The first-order chi connectivity index (χ1) is 16.9. The predicted molar refractivity (Wildman–Crippen MR) is 131 cm³/mol. The van der Waals surface area contributed by atoms with Crippen LogP contribution in [0.2, 0.25) is 0 Å². The van der Waals surface area contributed by atoms with Gasteiger partial charge < -0.3 is 19.4 Å². The molecule has 182 valence electrons. The number of carbonyl (C=O) groups is 3. The van der Waals surface area contributed by atoms with Crippen molar-refractivity contribution >= 4 is 17.8 Å². The highest BCUT2D eigenvalue weighted by Crippen LogP contribution is 2.26. The molecule has 1 aliphatic heterocycles. The highest BCUT2D eigenvalue weighted by molar-refractivity contribution is 5.95. The Hall–Kier alpha value is -3.87. The summed E-state index contributed by atoms with van der Waals surface area (Å²) in [5, 5.41) is 2.79. The van der Waals surface area contributed by atoms with Gasteiger partial charge in [0.15, 0.2) is 12.4 Å². The molecule has 0 aliphatic carbocycles. The molecule has 0 bridgehead atoms. The van der Waals surface area contributed by atoms with E-state index >= 15 is 0 Å². The van der Waals surface area contributed by atoms with Crippen molar-refractivity contribution in [3.05, 3.63) is 94.9 Å². The summed E-state index contributed by atoms with van der Waals surface area (Å²) in [6.45, 7) is 4.60. The number of hydrogen-bond donors (Lipinski definition) is 1. The number of ether oxygens (including phenoxy) is 1. The second-order valence-electron chi connectivity index (χ2n) is 9.00. The van der Waals surface area contributed by atoms with Crippen LogP contribution in [0.3, 0.4) is 0 Å². The molecule has 1 aromatic heterocycles. The molecule has 3 aromatic rings. The van der Waals surface area contributed by atoms with Crippen molar-refractivity contribution < 1.29 is 23.5 Å². The monoisotopic (exact) mass is 474 g/mol. The minimum atomic E-state index is -0.838. The van der Waals surface area contributed by atoms with Gasteiger partial charge in [-0.15, -0.1) is 0 Å². The number of fused-ring (bicyclic) bond motifs is 1. The van der Waals surface area contributed by atoms with Crippen molar-refractivity contribution in [3.63, 3.8) is 0 Å². The third-order valence-corrected chi connectivity index (χ3v) is 6.24. The van der Waals surface area contributed by atoms with Crippen LogP contribution in [0.15, 0.2) is 71.3 Å². The van der Waals surface area contributed by atoms with Crippen molar-refractivity contribution in [2.75, 3.05) is 13.2 Å². The molecular weight excluding hydrogens is 444 g/mol. The smallest absolute Gasteiger partial charge is 0.329 e. The van der Waals surface area contributed by atoms with Crippen molar-refractivity contribution in [1.82, 2.24) is 10.2 Å². The summed E-state index contributed by atoms with van der Waals surface area (Å²) in [6, 6.07) is 18.3. The van der Waals surface area contributed by atoms with Gasteiger partial charge in [0.2, 0.25) is 0 Å². The van der Waals surface area contributed by atoms with Gasteiger partial charge in [0.1, 0.15) is 6.04 Å². The Morgan fingerprint density at radius 1 is 1.03 bits per heavy atom. The summed E-state index contributed by atoms with van der Waals surface area (Å²) in [5.41, 5.74) is 4.34. The number of rotatable bonds is 8. The predicted octanol–water partition coefficient (Wildman–Crippen LogP) is 3.87. The van der Waals surface area contributed by atoms with Crippen LogP contribution < -0.4 is 5.32 Å². The van der Waals surface area contributed by atoms with Gasteiger partial charge in [-0.25, -0.2) is 4.79 Å². The van der Waals surface area contributed by atoms with E-state index in [1.807, 2.05) is 24.3 Å². The number of furan rings is 1. The van der Waals surface area contributed by atoms with Gasteiger partial charge in [-0.2, -0.15) is 0 Å². The van der Waals surface area contributed by atoms with Crippen LogP contribution in [0.5, 0.6) is 0 Å². The Labute approximate surface area is 205 Å².